The number of hydrogen-bond donors (Lipinski definition) is 1. The molecule has 0 fully saturated rings. The van der Waals surface area contributed by atoms with Crippen molar-refractivity contribution in [2.24, 2.45) is 0 Å². The molecule has 0 aliphatic carbocycles. The van der Waals surface area contributed by atoms with Gasteiger partial charge in [0, 0.05) is 29.3 Å². The van der Waals surface area contributed by atoms with E-state index in [4.69, 9.17) is 0 Å². The van der Waals surface area contributed by atoms with Gasteiger partial charge in [-0.1, -0.05) is 18.2 Å². The Hall–Kier alpha value is -4.45. The van der Waals surface area contributed by atoms with Crippen LogP contribution in [0.3, 0.4) is 0 Å². The summed E-state index contributed by atoms with van der Waals surface area (Å²) in [6, 6.07) is 24.5. The molecule has 3 aromatic carbocycles. The Kier molecular flexibility index (Phi) is 4.45. The highest BCUT2D eigenvalue weighted by Crippen LogP contribution is 2.29. The summed E-state index contributed by atoms with van der Waals surface area (Å²) in [6.07, 6.45) is 3.86. The van der Waals surface area contributed by atoms with E-state index in [0.717, 1.165) is 10.6 Å². The molecule has 4 aromatic rings. The van der Waals surface area contributed by atoms with Gasteiger partial charge in [0.05, 0.1) is 16.8 Å². The van der Waals surface area contributed by atoms with Gasteiger partial charge >= 0.3 is 0 Å². The summed E-state index contributed by atoms with van der Waals surface area (Å²) in [5, 5.41) is 2.83. The molecule has 0 atom stereocenters. The maximum absolute atomic E-state index is 12.7. The van der Waals surface area contributed by atoms with Crippen LogP contribution in [0.2, 0.25) is 0 Å². The van der Waals surface area contributed by atoms with Crippen LogP contribution in [0.1, 0.15) is 31.1 Å². The number of anilines is 2. The number of imide groups is 1. The van der Waals surface area contributed by atoms with E-state index in [-0.39, 0.29) is 17.7 Å². The van der Waals surface area contributed by atoms with Crippen LogP contribution >= 0.6 is 0 Å². The van der Waals surface area contributed by atoms with Gasteiger partial charge in [0.2, 0.25) is 0 Å². The number of fused-ring (bicyclic) bond motifs is 1. The number of rotatable bonds is 4. The molecule has 1 aliphatic heterocycles. The molecule has 3 amide bonds. The van der Waals surface area contributed by atoms with Crippen molar-refractivity contribution < 1.29 is 14.4 Å². The SMILES string of the molecule is O=C(Nc1cccc(N2C(=O)c3ccccc3C2=O)c1)c1ccc(-n2cccc2)cc1. The van der Waals surface area contributed by atoms with Crippen LogP contribution in [-0.2, 0) is 0 Å². The summed E-state index contributed by atoms with van der Waals surface area (Å²) < 4.78 is 1.95. The molecule has 1 aromatic heterocycles. The second kappa shape index (κ2) is 7.42. The van der Waals surface area contributed by atoms with Crippen molar-refractivity contribution in [3.8, 4) is 5.69 Å². The van der Waals surface area contributed by atoms with Crippen molar-refractivity contribution in [3.63, 3.8) is 0 Å². The van der Waals surface area contributed by atoms with Gasteiger partial charge in [0.15, 0.2) is 0 Å². The summed E-state index contributed by atoms with van der Waals surface area (Å²) in [5.41, 5.74) is 3.12. The Morgan fingerprint density at radius 2 is 1.32 bits per heavy atom. The largest absolute Gasteiger partial charge is 0.324 e. The number of nitrogens with one attached hydrogen (secondary N) is 1. The number of amides is 3. The highest BCUT2D eigenvalue weighted by molar-refractivity contribution is 6.34. The second-order valence-corrected chi connectivity index (χ2v) is 7.13. The van der Waals surface area contributed by atoms with Gasteiger partial charge in [-0.05, 0) is 66.7 Å². The third-order valence-electron chi connectivity index (χ3n) is 5.19. The van der Waals surface area contributed by atoms with Crippen LogP contribution in [0.25, 0.3) is 5.69 Å². The molecule has 6 nitrogen and oxygen atoms in total. The van der Waals surface area contributed by atoms with Crippen molar-refractivity contribution in [2.45, 2.75) is 0 Å². The van der Waals surface area contributed by atoms with E-state index in [2.05, 4.69) is 5.32 Å². The zero-order valence-corrected chi connectivity index (χ0v) is 16.4. The molecule has 150 valence electrons. The lowest BCUT2D eigenvalue weighted by atomic mass is 10.1. The number of carbonyl (C=O) groups is 3. The third kappa shape index (κ3) is 3.30. The molecule has 0 spiro atoms. The van der Waals surface area contributed by atoms with Crippen LogP contribution in [0.15, 0.2) is 97.3 Å². The number of hydrogen-bond acceptors (Lipinski definition) is 3. The number of nitrogens with zero attached hydrogens (tertiary/aromatic N) is 2. The van der Waals surface area contributed by atoms with Gasteiger partial charge in [-0.15, -0.1) is 0 Å². The van der Waals surface area contributed by atoms with E-state index in [0.29, 0.717) is 28.1 Å². The van der Waals surface area contributed by atoms with Crippen LogP contribution in [-0.4, -0.2) is 22.3 Å². The monoisotopic (exact) mass is 407 g/mol. The molecule has 2 heterocycles. The van der Waals surface area contributed by atoms with Crippen molar-refractivity contribution >= 4 is 29.1 Å². The number of aromatic nitrogens is 1. The number of carbonyl (C=O) groups excluding carboxylic acids is 3. The minimum absolute atomic E-state index is 0.279. The Labute approximate surface area is 178 Å². The molecular weight excluding hydrogens is 390 g/mol. The summed E-state index contributed by atoms with van der Waals surface area (Å²) in [7, 11) is 0. The van der Waals surface area contributed by atoms with Crippen molar-refractivity contribution in [1.82, 2.24) is 4.57 Å². The van der Waals surface area contributed by atoms with Crippen molar-refractivity contribution in [2.75, 3.05) is 10.2 Å². The van der Waals surface area contributed by atoms with Crippen LogP contribution < -0.4 is 10.2 Å². The second-order valence-electron chi connectivity index (χ2n) is 7.13. The first-order chi connectivity index (χ1) is 15.1. The van der Waals surface area contributed by atoms with Gasteiger partial charge in [-0.3, -0.25) is 14.4 Å². The van der Waals surface area contributed by atoms with E-state index < -0.39 is 0 Å². The summed E-state index contributed by atoms with van der Waals surface area (Å²) in [4.78, 5) is 39.2. The average molecular weight is 407 g/mol. The van der Waals surface area contributed by atoms with E-state index >= 15 is 0 Å². The van der Waals surface area contributed by atoms with Gasteiger partial charge in [-0.2, -0.15) is 0 Å². The van der Waals surface area contributed by atoms with Crippen molar-refractivity contribution in [1.29, 1.82) is 0 Å². The Morgan fingerprint density at radius 3 is 1.97 bits per heavy atom. The topological polar surface area (TPSA) is 71.4 Å². The van der Waals surface area contributed by atoms with Crippen LogP contribution in [0, 0.1) is 0 Å². The Balaban J connectivity index is 1.36. The highest BCUT2D eigenvalue weighted by Gasteiger charge is 2.36. The lowest BCUT2D eigenvalue weighted by Gasteiger charge is -2.15. The molecule has 0 bridgehead atoms. The average Bonchev–Trinajstić information content (AvgIpc) is 3.42. The fourth-order valence-electron chi connectivity index (χ4n) is 3.64. The summed E-state index contributed by atoms with van der Waals surface area (Å²) >= 11 is 0. The molecule has 31 heavy (non-hydrogen) atoms. The maximum Gasteiger partial charge on any atom is 0.266 e. The standard InChI is InChI=1S/C25H17N3O3/c29-23(17-10-12-19(13-11-17)27-14-3-4-15-27)26-18-6-5-7-20(16-18)28-24(30)21-8-1-2-9-22(21)25(28)31/h1-16H,(H,26,29). The molecule has 0 unspecified atom stereocenters. The zero-order valence-electron chi connectivity index (χ0n) is 16.4. The van der Waals surface area contributed by atoms with E-state index in [1.54, 1.807) is 60.7 Å². The van der Waals surface area contributed by atoms with Gasteiger partial charge in [-0.25, -0.2) is 4.90 Å². The lowest BCUT2D eigenvalue weighted by Crippen LogP contribution is -2.29. The highest BCUT2D eigenvalue weighted by atomic mass is 16.2. The predicted molar refractivity (Wildman–Crippen MR) is 118 cm³/mol. The van der Waals surface area contributed by atoms with Crippen LogP contribution in [0.5, 0.6) is 0 Å². The normalized spacial score (nSPS) is 12.7. The summed E-state index contributed by atoms with van der Waals surface area (Å²) in [6.45, 7) is 0. The van der Waals surface area contributed by atoms with E-state index in [9.17, 15) is 14.4 Å². The molecule has 0 radical (unpaired) electrons. The van der Waals surface area contributed by atoms with Gasteiger partial charge in [0.25, 0.3) is 17.7 Å². The fraction of sp³-hybridized carbons (Fsp3) is 0. The number of benzene rings is 3. The third-order valence-corrected chi connectivity index (χ3v) is 5.19. The van der Waals surface area contributed by atoms with Gasteiger partial charge in [0.1, 0.15) is 0 Å². The molecule has 1 aliphatic rings. The molecule has 0 saturated heterocycles. The first-order valence-electron chi connectivity index (χ1n) is 9.74. The zero-order chi connectivity index (χ0) is 21.4. The predicted octanol–water partition coefficient (Wildman–Crippen LogP) is 4.53. The molecule has 0 saturated carbocycles. The molecule has 5 rings (SSSR count). The Bertz CT molecular complexity index is 1270. The van der Waals surface area contributed by atoms with Crippen LogP contribution in [0.4, 0.5) is 11.4 Å². The summed E-state index contributed by atoms with van der Waals surface area (Å²) in [5.74, 6) is -1.02. The molecule has 1 N–H and O–H groups in total. The van der Waals surface area contributed by atoms with E-state index in [1.807, 2.05) is 41.2 Å². The maximum atomic E-state index is 12.7. The van der Waals surface area contributed by atoms with Crippen molar-refractivity contribution in [3.05, 3.63) is 114 Å². The minimum atomic E-state index is -0.371. The first-order valence-corrected chi connectivity index (χ1v) is 9.74. The molecular formula is C25H17N3O3. The molecule has 6 heteroatoms. The lowest BCUT2D eigenvalue weighted by molar-refractivity contribution is 0.0925. The minimum Gasteiger partial charge on any atom is -0.324 e. The smallest absolute Gasteiger partial charge is 0.266 e. The quantitative estimate of drug-likeness (QED) is 0.505. The van der Waals surface area contributed by atoms with Gasteiger partial charge < -0.3 is 9.88 Å². The Morgan fingerprint density at radius 1 is 0.677 bits per heavy atom. The van der Waals surface area contributed by atoms with E-state index in [1.165, 1.54) is 0 Å². The fourth-order valence-corrected chi connectivity index (χ4v) is 3.64. The first kappa shape index (κ1) is 18.6.